The molecule has 2 fully saturated rings. The molecule has 1 aliphatic heterocycles. The highest BCUT2D eigenvalue weighted by Gasteiger charge is 2.37. The van der Waals surface area contributed by atoms with Gasteiger partial charge in [0.15, 0.2) is 0 Å². The lowest BCUT2D eigenvalue weighted by molar-refractivity contribution is -0.166. The van der Waals surface area contributed by atoms with Crippen LogP contribution in [-0.4, -0.2) is 30.7 Å². The van der Waals surface area contributed by atoms with E-state index in [4.69, 9.17) is 4.74 Å². The van der Waals surface area contributed by atoms with Crippen molar-refractivity contribution in [2.24, 2.45) is 5.92 Å². The molecule has 2 atom stereocenters. The van der Waals surface area contributed by atoms with Crippen molar-refractivity contribution >= 4 is 5.91 Å². The van der Waals surface area contributed by atoms with Crippen molar-refractivity contribution in [1.82, 2.24) is 4.90 Å². The summed E-state index contributed by atoms with van der Waals surface area (Å²) in [5.74, 6) is 0.448. The van der Waals surface area contributed by atoms with Gasteiger partial charge in [-0.1, -0.05) is 12.8 Å². The number of nitrogens with zero attached hydrogens (tertiary/aromatic N) is 1. The Labute approximate surface area is 72.7 Å². The van der Waals surface area contributed by atoms with E-state index < -0.39 is 0 Å². The fraction of sp³-hybridized carbons (Fsp3) is 0.889. The third kappa shape index (κ3) is 1.22. The van der Waals surface area contributed by atoms with Crippen LogP contribution in [-0.2, 0) is 9.53 Å². The van der Waals surface area contributed by atoms with Crippen molar-refractivity contribution in [3.8, 4) is 0 Å². The van der Waals surface area contributed by atoms with E-state index in [0.717, 1.165) is 12.8 Å². The molecule has 0 aromatic heterocycles. The summed E-state index contributed by atoms with van der Waals surface area (Å²) < 4.78 is 5.57. The second kappa shape index (κ2) is 3.05. The Bertz CT molecular complexity index is 193. The van der Waals surface area contributed by atoms with Gasteiger partial charge in [-0.05, 0) is 12.8 Å². The number of hydrogen-bond acceptors (Lipinski definition) is 2. The quantitative estimate of drug-likeness (QED) is 0.541. The lowest BCUT2D eigenvalue weighted by atomic mass is 9.85. The van der Waals surface area contributed by atoms with Crippen molar-refractivity contribution in [3.63, 3.8) is 0 Å². The van der Waals surface area contributed by atoms with Crippen molar-refractivity contribution in [2.45, 2.75) is 31.8 Å². The Hall–Kier alpha value is -0.570. The summed E-state index contributed by atoms with van der Waals surface area (Å²) >= 11 is 0. The van der Waals surface area contributed by atoms with Gasteiger partial charge in [0.05, 0.1) is 12.0 Å². The van der Waals surface area contributed by atoms with E-state index in [9.17, 15) is 4.79 Å². The lowest BCUT2D eigenvalue weighted by Gasteiger charge is -2.38. The number of carbonyl (C=O) groups is 1. The zero-order valence-electron chi connectivity index (χ0n) is 7.45. The van der Waals surface area contributed by atoms with Crippen LogP contribution in [0, 0.1) is 5.92 Å². The Morgan fingerprint density at radius 3 is 3.00 bits per heavy atom. The van der Waals surface area contributed by atoms with Gasteiger partial charge in [0.25, 0.3) is 0 Å². The fourth-order valence-electron chi connectivity index (χ4n) is 2.13. The fourth-order valence-corrected chi connectivity index (χ4v) is 2.13. The number of rotatable bonds is 0. The third-order valence-electron chi connectivity index (χ3n) is 2.88. The minimum atomic E-state index is 0.164. The molecule has 0 unspecified atom stereocenters. The first kappa shape index (κ1) is 8.05. The summed E-state index contributed by atoms with van der Waals surface area (Å²) in [6.07, 6.45) is 4.72. The van der Waals surface area contributed by atoms with Gasteiger partial charge in [-0.2, -0.15) is 0 Å². The maximum atomic E-state index is 11.6. The molecule has 68 valence electrons. The largest absolute Gasteiger partial charge is 0.357 e. The van der Waals surface area contributed by atoms with E-state index in [0.29, 0.717) is 6.73 Å². The molecule has 1 aliphatic carbocycles. The Kier molecular flexibility index (Phi) is 2.05. The van der Waals surface area contributed by atoms with E-state index in [1.54, 1.807) is 4.90 Å². The first-order chi connectivity index (χ1) is 5.79. The number of fused-ring (bicyclic) bond motifs is 1. The highest BCUT2D eigenvalue weighted by molar-refractivity contribution is 5.79. The number of amides is 1. The standard InChI is InChI=1S/C9H15NO2/c1-10-6-12-8-5-3-2-4-7(8)9(10)11/h7-8H,2-6H2,1H3/t7-,8+/m1/s1. The van der Waals surface area contributed by atoms with Crippen LogP contribution in [0.4, 0.5) is 0 Å². The number of carbonyl (C=O) groups excluding carboxylic acids is 1. The third-order valence-corrected chi connectivity index (χ3v) is 2.88. The van der Waals surface area contributed by atoms with E-state index in [-0.39, 0.29) is 17.9 Å². The molecule has 2 aliphatic rings. The second-order valence-corrected chi connectivity index (χ2v) is 3.76. The molecule has 0 radical (unpaired) electrons. The zero-order valence-corrected chi connectivity index (χ0v) is 7.45. The minimum absolute atomic E-state index is 0.164. The van der Waals surface area contributed by atoms with Crippen molar-refractivity contribution in [2.75, 3.05) is 13.8 Å². The smallest absolute Gasteiger partial charge is 0.229 e. The van der Waals surface area contributed by atoms with E-state index in [2.05, 4.69) is 0 Å². The van der Waals surface area contributed by atoms with Crippen LogP contribution in [0.5, 0.6) is 0 Å². The molecule has 0 bridgehead atoms. The second-order valence-electron chi connectivity index (χ2n) is 3.76. The van der Waals surface area contributed by atoms with Gasteiger partial charge in [0, 0.05) is 7.05 Å². The van der Waals surface area contributed by atoms with Crippen LogP contribution in [0.1, 0.15) is 25.7 Å². The molecule has 0 aromatic carbocycles. The molecule has 0 aromatic rings. The number of hydrogen-bond donors (Lipinski definition) is 0. The summed E-state index contributed by atoms with van der Waals surface area (Å²) in [4.78, 5) is 13.3. The van der Waals surface area contributed by atoms with E-state index >= 15 is 0 Å². The summed E-state index contributed by atoms with van der Waals surface area (Å²) in [7, 11) is 1.81. The summed E-state index contributed by atoms with van der Waals surface area (Å²) in [5, 5.41) is 0. The van der Waals surface area contributed by atoms with Crippen LogP contribution in [0.2, 0.25) is 0 Å². The molecule has 0 spiro atoms. The Morgan fingerprint density at radius 1 is 1.42 bits per heavy atom. The first-order valence-corrected chi connectivity index (χ1v) is 4.65. The van der Waals surface area contributed by atoms with Gasteiger partial charge >= 0.3 is 0 Å². The maximum absolute atomic E-state index is 11.6. The molecule has 12 heavy (non-hydrogen) atoms. The van der Waals surface area contributed by atoms with Gasteiger partial charge in [-0.25, -0.2) is 0 Å². The predicted molar refractivity (Wildman–Crippen MR) is 44.5 cm³/mol. The van der Waals surface area contributed by atoms with E-state index in [1.165, 1.54) is 12.8 Å². The van der Waals surface area contributed by atoms with Crippen molar-refractivity contribution in [3.05, 3.63) is 0 Å². The van der Waals surface area contributed by atoms with Gasteiger partial charge in [0.1, 0.15) is 6.73 Å². The normalized spacial score (nSPS) is 36.4. The predicted octanol–water partition coefficient (Wildman–Crippen LogP) is 0.991. The number of ether oxygens (including phenoxy) is 1. The molecule has 3 heteroatoms. The highest BCUT2D eigenvalue weighted by Crippen LogP contribution is 2.30. The van der Waals surface area contributed by atoms with Crippen molar-refractivity contribution in [1.29, 1.82) is 0 Å². The monoisotopic (exact) mass is 169 g/mol. The van der Waals surface area contributed by atoms with E-state index in [1.807, 2.05) is 7.05 Å². The highest BCUT2D eigenvalue weighted by atomic mass is 16.5. The van der Waals surface area contributed by atoms with Crippen LogP contribution in [0.15, 0.2) is 0 Å². The zero-order chi connectivity index (χ0) is 8.55. The summed E-state index contributed by atoms with van der Waals surface area (Å²) in [5.41, 5.74) is 0. The summed E-state index contributed by atoms with van der Waals surface area (Å²) in [6.45, 7) is 0.486. The Morgan fingerprint density at radius 2 is 2.17 bits per heavy atom. The molecule has 1 amide bonds. The minimum Gasteiger partial charge on any atom is -0.357 e. The summed E-state index contributed by atoms with van der Waals surface area (Å²) in [6, 6.07) is 0. The van der Waals surface area contributed by atoms with Crippen LogP contribution in [0.25, 0.3) is 0 Å². The molecule has 2 rings (SSSR count). The molecule has 1 saturated heterocycles. The van der Waals surface area contributed by atoms with Gasteiger partial charge in [-0.15, -0.1) is 0 Å². The molecule has 3 nitrogen and oxygen atoms in total. The SMILES string of the molecule is CN1CO[C@H]2CCCC[C@H]2C1=O. The lowest BCUT2D eigenvalue weighted by Crippen LogP contribution is -2.48. The van der Waals surface area contributed by atoms with Gasteiger partial charge in [-0.3, -0.25) is 4.79 Å². The average molecular weight is 169 g/mol. The molecule has 1 saturated carbocycles. The topological polar surface area (TPSA) is 29.5 Å². The van der Waals surface area contributed by atoms with Crippen LogP contribution >= 0.6 is 0 Å². The van der Waals surface area contributed by atoms with Crippen LogP contribution in [0.3, 0.4) is 0 Å². The van der Waals surface area contributed by atoms with Gasteiger partial charge in [0.2, 0.25) is 5.91 Å². The Balaban J connectivity index is 2.08. The first-order valence-electron chi connectivity index (χ1n) is 4.65. The van der Waals surface area contributed by atoms with Gasteiger partial charge < -0.3 is 9.64 Å². The molecular weight excluding hydrogens is 154 g/mol. The van der Waals surface area contributed by atoms with Crippen molar-refractivity contribution < 1.29 is 9.53 Å². The molecule has 1 heterocycles. The molecule has 0 N–H and O–H groups in total. The molecular formula is C9H15NO2. The maximum Gasteiger partial charge on any atom is 0.229 e. The average Bonchev–Trinajstić information content (AvgIpc) is 2.12. The van der Waals surface area contributed by atoms with Crippen LogP contribution < -0.4 is 0 Å².